The molecule has 132 valence electrons. The molecule has 1 unspecified atom stereocenters. The van der Waals surface area contributed by atoms with E-state index in [1.54, 1.807) is 0 Å². The summed E-state index contributed by atoms with van der Waals surface area (Å²) in [6, 6.07) is 1.82. The molecule has 1 aromatic rings. The van der Waals surface area contributed by atoms with Crippen molar-refractivity contribution in [3.8, 4) is 0 Å². The molecule has 0 aliphatic carbocycles. The second kappa shape index (κ2) is 6.64. The van der Waals surface area contributed by atoms with Crippen LogP contribution in [0.2, 0.25) is 0 Å². The van der Waals surface area contributed by atoms with Crippen LogP contribution in [0.15, 0.2) is 12.4 Å². The first kappa shape index (κ1) is 17.1. The third-order valence-electron chi connectivity index (χ3n) is 4.49. The second-order valence-electron chi connectivity index (χ2n) is 6.48. The summed E-state index contributed by atoms with van der Waals surface area (Å²) >= 11 is 0. The predicted octanol–water partition coefficient (Wildman–Crippen LogP) is 1.04. The molecule has 1 atom stereocenters. The Labute approximate surface area is 141 Å². The van der Waals surface area contributed by atoms with Gasteiger partial charge in [-0.25, -0.2) is 27.5 Å². The van der Waals surface area contributed by atoms with Crippen molar-refractivity contribution in [2.24, 2.45) is 5.92 Å². The summed E-state index contributed by atoms with van der Waals surface area (Å²) in [7, 11) is -3.10. The molecule has 3 rings (SSSR count). The molecule has 0 spiro atoms. The number of rotatable bonds is 4. The standard InChI is InChI=1S/C15H22N4O4S/c1-11-9-19(15(20)23-11)14-8-13(16-10-17-14)7-12-3-5-18(6-4-12)24(2,21)22/h8,10-12H,3-7,9H2,1-2H3. The highest BCUT2D eigenvalue weighted by Gasteiger charge is 2.31. The van der Waals surface area contributed by atoms with E-state index in [0.717, 1.165) is 25.0 Å². The zero-order chi connectivity index (χ0) is 17.3. The maximum absolute atomic E-state index is 11.8. The Morgan fingerprint density at radius 2 is 2.00 bits per heavy atom. The van der Waals surface area contributed by atoms with Crippen molar-refractivity contribution in [1.29, 1.82) is 0 Å². The number of sulfonamides is 1. The molecule has 0 N–H and O–H groups in total. The number of piperidine rings is 1. The molecule has 3 heterocycles. The fourth-order valence-electron chi connectivity index (χ4n) is 3.18. The van der Waals surface area contributed by atoms with Crippen molar-refractivity contribution in [2.45, 2.75) is 32.3 Å². The van der Waals surface area contributed by atoms with Crippen LogP contribution in [0.4, 0.5) is 10.6 Å². The van der Waals surface area contributed by atoms with Crippen molar-refractivity contribution in [1.82, 2.24) is 14.3 Å². The van der Waals surface area contributed by atoms with Crippen molar-refractivity contribution in [3.63, 3.8) is 0 Å². The monoisotopic (exact) mass is 354 g/mol. The van der Waals surface area contributed by atoms with Gasteiger partial charge in [-0.05, 0) is 32.1 Å². The topological polar surface area (TPSA) is 92.7 Å². The molecular formula is C15H22N4O4S. The summed E-state index contributed by atoms with van der Waals surface area (Å²) in [4.78, 5) is 21.8. The van der Waals surface area contributed by atoms with E-state index in [1.165, 1.54) is 21.8 Å². The minimum Gasteiger partial charge on any atom is -0.444 e. The summed E-state index contributed by atoms with van der Waals surface area (Å²) in [5.74, 6) is 0.943. The van der Waals surface area contributed by atoms with Crippen molar-refractivity contribution < 1.29 is 17.9 Å². The summed E-state index contributed by atoms with van der Waals surface area (Å²) in [5.41, 5.74) is 0.866. The number of carbonyl (C=O) groups excluding carboxylic acids is 1. The lowest BCUT2D eigenvalue weighted by molar-refractivity contribution is 0.150. The SMILES string of the molecule is CC1CN(c2cc(CC3CCN(S(C)(=O)=O)CC3)ncn2)C(=O)O1. The largest absolute Gasteiger partial charge is 0.444 e. The first-order valence-electron chi connectivity index (χ1n) is 8.07. The Kier molecular flexibility index (Phi) is 4.73. The van der Waals surface area contributed by atoms with Crippen LogP contribution in [0.3, 0.4) is 0 Å². The Morgan fingerprint density at radius 3 is 2.58 bits per heavy atom. The number of amides is 1. The highest BCUT2D eigenvalue weighted by Crippen LogP contribution is 2.24. The Balaban J connectivity index is 1.63. The number of nitrogens with zero attached hydrogens (tertiary/aromatic N) is 4. The van der Waals surface area contributed by atoms with Crippen LogP contribution in [0.25, 0.3) is 0 Å². The number of cyclic esters (lactones) is 1. The zero-order valence-electron chi connectivity index (χ0n) is 13.9. The van der Waals surface area contributed by atoms with Crippen LogP contribution >= 0.6 is 0 Å². The highest BCUT2D eigenvalue weighted by molar-refractivity contribution is 7.88. The van der Waals surface area contributed by atoms with Gasteiger partial charge in [-0.3, -0.25) is 4.90 Å². The number of hydrogen-bond donors (Lipinski definition) is 0. The van der Waals surface area contributed by atoms with Crippen molar-refractivity contribution >= 4 is 21.9 Å². The zero-order valence-corrected chi connectivity index (χ0v) is 14.7. The second-order valence-corrected chi connectivity index (χ2v) is 8.46. The van der Waals surface area contributed by atoms with Gasteiger partial charge in [-0.2, -0.15) is 0 Å². The van der Waals surface area contributed by atoms with Crippen molar-refractivity contribution in [2.75, 3.05) is 30.8 Å². The van der Waals surface area contributed by atoms with Gasteiger partial charge in [0.1, 0.15) is 18.2 Å². The Hall–Kier alpha value is -1.74. The third kappa shape index (κ3) is 3.84. The molecule has 1 amide bonds. The lowest BCUT2D eigenvalue weighted by Gasteiger charge is -2.30. The number of carbonyl (C=O) groups is 1. The average Bonchev–Trinajstić information content (AvgIpc) is 2.86. The highest BCUT2D eigenvalue weighted by atomic mass is 32.2. The van der Waals surface area contributed by atoms with Crippen LogP contribution in [-0.4, -0.2) is 60.8 Å². The Morgan fingerprint density at radius 1 is 1.29 bits per heavy atom. The maximum atomic E-state index is 11.8. The van der Waals surface area contributed by atoms with Crippen LogP contribution in [0, 0.1) is 5.92 Å². The van der Waals surface area contributed by atoms with Crippen LogP contribution in [-0.2, 0) is 21.2 Å². The van der Waals surface area contributed by atoms with Crippen LogP contribution < -0.4 is 4.90 Å². The lowest BCUT2D eigenvalue weighted by atomic mass is 9.93. The minimum atomic E-state index is -3.10. The summed E-state index contributed by atoms with van der Waals surface area (Å²) in [5, 5.41) is 0. The average molecular weight is 354 g/mol. The minimum absolute atomic E-state index is 0.142. The molecule has 0 saturated carbocycles. The van der Waals surface area contributed by atoms with Gasteiger partial charge in [0, 0.05) is 24.8 Å². The smallest absolute Gasteiger partial charge is 0.415 e. The van der Waals surface area contributed by atoms with Gasteiger partial charge in [0.2, 0.25) is 10.0 Å². The first-order chi connectivity index (χ1) is 11.3. The molecule has 24 heavy (non-hydrogen) atoms. The molecule has 8 nitrogen and oxygen atoms in total. The predicted molar refractivity (Wildman–Crippen MR) is 88.2 cm³/mol. The summed E-state index contributed by atoms with van der Waals surface area (Å²) in [6.45, 7) is 3.44. The number of hydrogen-bond acceptors (Lipinski definition) is 6. The first-order valence-corrected chi connectivity index (χ1v) is 9.92. The molecule has 2 fully saturated rings. The Bertz CT molecular complexity index is 716. The molecule has 2 saturated heterocycles. The molecule has 2 aliphatic heterocycles. The fraction of sp³-hybridized carbons (Fsp3) is 0.667. The van der Waals surface area contributed by atoms with Gasteiger partial charge < -0.3 is 4.74 Å². The molecule has 1 aromatic heterocycles. The molecular weight excluding hydrogens is 332 g/mol. The summed E-state index contributed by atoms with van der Waals surface area (Å²) < 4.78 is 29.8. The van der Waals surface area contributed by atoms with Gasteiger partial charge in [-0.15, -0.1) is 0 Å². The van der Waals surface area contributed by atoms with E-state index in [2.05, 4.69) is 9.97 Å². The molecule has 0 aromatic carbocycles. The van der Waals surface area contributed by atoms with Gasteiger partial charge >= 0.3 is 6.09 Å². The third-order valence-corrected chi connectivity index (χ3v) is 5.79. The van der Waals surface area contributed by atoms with Crippen molar-refractivity contribution in [3.05, 3.63) is 18.1 Å². The van der Waals surface area contributed by atoms with Gasteiger partial charge in [-0.1, -0.05) is 0 Å². The quantitative estimate of drug-likeness (QED) is 0.802. The van der Waals surface area contributed by atoms with Crippen LogP contribution in [0.5, 0.6) is 0 Å². The van der Waals surface area contributed by atoms with E-state index in [0.29, 0.717) is 31.4 Å². The number of aromatic nitrogens is 2. The number of ether oxygens (including phenoxy) is 1. The normalized spacial score (nSPS) is 23.5. The van der Waals surface area contributed by atoms with E-state index >= 15 is 0 Å². The number of anilines is 1. The van der Waals surface area contributed by atoms with Gasteiger partial charge in [0.25, 0.3) is 0 Å². The molecule has 0 radical (unpaired) electrons. The van der Waals surface area contributed by atoms with Gasteiger partial charge in [0.15, 0.2) is 0 Å². The molecule has 0 bridgehead atoms. The van der Waals surface area contributed by atoms with E-state index < -0.39 is 10.0 Å². The lowest BCUT2D eigenvalue weighted by Crippen LogP contribution is -2.38. The van der Waals surface area contributed by atoms with E-state index in [9.17, 15) is 13.2 Å². The maximum Gasteiger partial charge on any atom is 0.415 e. The van der Waals surface area contributed by atoms with Gasteiger partial charge in [0.05, 0.1) is 12.8 Å². The van der Waals surface area contributed by atoms with E-state index in [4.69, 9.17) is 4.74 Å². The van der Waals surface area contributed by atoms with E-state index in [-0.39, 0.29) is 12.2 Å². The molecule has 9 heteroatoms. The molecule has 2 aliphatic rings. The fourth-order valence-corrected chi connectivity index (χ4v) is 4.05. The van der Waals surface area contributed by atoms with E-state index in [1.807, 2.05) is 13.0 Å². The van der Waals surface area contributed by atoms with Crippen LogP contribution in [0.1, 0.15) is 25.5 Å². The summed E-state index contributed by atoms with van der Waals surface area (Å²) in [6.07, 6.45) is 4.58.